The summed E-state index contributed by atoms with van der Waals surface area (Å²) in [7, 11) is 1.65. The summed E-state index contributed by atoms with van der Waals surface area (Å²) in [6, 6.07) is 5.95. The van der Waals surface area contributed by atoms with Crippen molar-refractivity contribution in [1.29, 1.82) is 0 Å². The monoisotopic (exact) mass is 209 g/mol. The van der Waals surface area contributed by atoms with Gasteiger partial charge in [0.25, 0.3) is 0 Å². The summed E-state index contributed by atoms with van der Waals surface area (Å²) in [4.78, 5) is 0. The number of hydrogen-bond donors (Lipinski definition) is 1. The van der Waals surface area contributed by atoms with Crippen LogP contribution in [0.1, 0.15) is 12.5 Å². The molecular weight excluding hydrogens is 194 g/mol. The Morgan fingerprint density at radius 1 is 1.40 bits per heavy atom. The van der Waals surface area contributed by atoms with Gasteiger partial charge in [-0.3, -0.25) is 0 Å². The molecule has 0 fully saturated rings. The highest BCUT2D eigenvalue weighted by atomic mass is 16.7. The molecule has 1 atom stereocenters. The number of benzene rings is 1. The van der Waals surface area contributed by atoms with E-state index in [1.165, 1.54) is 5.06 Å². The van der Waals surface area contributed by atoms with Crippen LogP contribution >= 0.6 is 0 Å². The molecule has 0 radical (unpaired) electrons. The highest BCUT2D eigenvalue weighted by Crippen LogP contribution is 2.32. The lowest BCUT2D eigenvalue weighted by atomic mass is 10.1. The molecule has 0 bridgehead atoms. The minimum absolute atomic E-state index is 0.0883. The van der Waals surface area contributed by atoms with Gasteiger partial charge in [-0.25, -0.2) is 0 Å². The number of hydrogen-bond acceptors (Lipinski definition) is 4. The molecule has 1 aromatic carbocycles. The van der Waals surface area contributed by atoms with Crippen LogP contribution in [0.2, 0.25) is 0 Å². The van der Waals surface area contributed by atoms with E-state index >= 15 is 0 Å². The molecular formula is C11H15NO3. The third kappa shape index (κ3) is 2.22. The standard InChI is InChI=1S/C11H15NO3/c1-8(12(2)13)5-9-3-4-10-11(6-9)15-7-14-10/h3-4,6,8,13H,5,7H2,1-2H3. The third-order valence-electron chi connectivity index (χ3n) is 2.61. The van der Waals surface area contributed by atoms with Crippen LogP contribution in [0.4, 0.5) is 0 Å². The topological polar surface area (TPSA) is 41.9 Å². The third-order valence-corrected chi connectivity index (χ3v) is 2.61. The van der Waals surface area contributed by atoms with E-state index in [0.29, 0.717) is 6.79 Å². The van der Waals surface area contributed by atoms with E-state index in [0.717, 1.165) is 23.5 Å². The van der Waals surface area contributed by atoms with Crippen LogP contribution in [0, 0.1) is 0 Å². The van der Waals surface area contributed by atoms with Gasteiger partial charge < -0.3 is 14.7 Å². The molecule has 1 aliphatic heterocycles. The second-order valence-corrected chi connectivity index (χ2v) is 3.81. The van der Waals surface area contributed by atoms with E-state index in [-0.39, 0.29) is 6.04 Å². The fourth-order valence-electron chi connectivity index (χ4n) is 1.54. The van der Waals surface area contributed by atoms with Gasteiger partial charge in [0, 0.05) is 13.1 Å². The van der Waals surface area contributed by atoms with Gasteiger partial charge in [0.05, 0.1) is 0 Å². The molecule has 0 amide bonds. The summed E-state index contributed by atoms with van der Waals surface area (Å²) in [5, 5.41) is 10.5. The lowest BCUT2D eigenvalue weighted by molar-refractivity contribution is -0.0963. The maximum Gasteiger partial charge on any atom is 0.231 e. The number of hydroxylamine groups is 2. The smallest absolute Gasteiger partial charge is 0.231 e. The van der Waals surface area contributed by atoms with Crippen molar-refractivity contribution in [2.75, 3.05) is 13.8 Å². The first-order valence-electron chi connectivity index (χ1n) is 4.97. The Kier molecular flexibility index (Phi) is 2.79. The maximum absolute atomic E-state index is 9.25. The Bertz CT molecular complexity index is 352. The van der Waals surface area contributed by atoms with Gasteiger partial charge in [0.15, 0.2) is 11.5 Å². The van der Waals surface area contributed by atoms with Crippen molar-refractivity contribution < 1.29 is 14.7 Å². The zero-order valence-electron chi connectivity index (χ0n) is 8.93. The summed E-state index contributed by atoms with van der Waals surface area (Å²) in [5.74, 6) is 1.59. The average Bonchev–Trinajstić information content (AvgIpc) is 2.64. The van der Waals surface area contributed by atoms with Crippen LogP contribution in [-0.4, -0.2) is 30.2 Å². The normalized spacial score (nSPS) is 15.7. The molecule has 0 spiro atoms. The minimum atomic E-state index is 0.0883. The molecule has 0 saturated heterocycles. The highest BCUT2D eigenvalue weighted by molar-refractivity contribution is 5.44. The fraction of sp³-hybridized carbons (Fsp3) is 0.455. The molecule has 1 heterocycles. The number of nitrogens with zero attached hydrogens (tertiary/aromatic N) is 1. The molecule has 1 aliphatic rings. The molecule has 0 saturated carbocycles. The van der Waals surface area contributed by atoms with E-state index in [2.05, 4.69) is 0 Å². The largest absolute Gasteiger partial charge is 0.454 e. The van der Waals surface area contributed by atoms with Gasteiger partial charge in [-0.05, 0) is 31.0 Å². The first-order chi connectivity index (χ1) is 7.16. The van der Waals surface area contributed by atoms with E-state index in [9.17, 15) is 5.21 Å². The van der Waals surface area contributed by atoms with Gasteiger partial charge in [-0.1, -0.05) is 6.07 Å². The van der Waals surface area contributed by atoms with E-state index < -0.39 is 0 Å². The van der Waals surface area contributed by atoms with Crippen molar-refractivity contribution in [2.24, 2.45) is 0 Å². The predicted octanol–water partition coefficient (Wildman–Crippen LogP) is 1.67. The molecule has 1 unspecified atom stereocenters. The summed E-state index contributed by atoms with van der Waals surface area (Å²) in [5.41, 5.74) is 1.13. The summed E-state index contributed by atoms with van der Waals surface area (Å²) in [6.07, 6.45) is 0.781. The molecule has 1 aromatic rings. The Labute approximate surface area is 89.0 Å². The van der Waals surface area contributed by atoms with E-state index in [4.69, 9.17) is 9.47 Å². The van der Waals surface area contributed by atoms with Crippen molar-refractivity contribution in [3.05, 3.63) is 23.8 Å². The Hall–Kier alpha value is -1.26. The van der Waals surface area contributed by atoms with E-state index in [1.54, 1.807) is 7.05 Å². The van der Waals surface area contributed by atoms with Crippen molar-refractivity contribution in [3.8, 4) is 11.5 Å². The summed E-state index contributed by atoms with van der Waals surface area (Å²) >= 11 is 0. The molecule has 0 aromatic heterocycles. The van der Waals surface area contributed by atoms with Crippen molar-refractivity contribution in [1.82, 2.24) is 5.06 Å². The van der Waals surface area contributed by atoms with Crippen LogP contribution in [0.3, 0.4) is 0 Å². The minimum Gasteiger partial charge on any atom is -0.454 e. The second kappa shape index (κ2) is 4.08. The second-order valence-electron chi connectivity index (χ2n) is 3.81. The lowest BCUT2D eigenvalue weighted by Gasteiger charge is -2.17. The van der Waals surface area contributed by atoms with Crippen LogP contribution < -0.4 is 9.47 Å². The van der Waals surface area contributed by atoms with Gasteiger partial charge in [-0.2, -0.15) is 5.06 Å². The molecule has 15 heavy (non-hydrogen) atoms. The maximum atomic E-state index is 9.25. The number of likely N-dealkylation sites (N-methyl/N-ethyl adjacent to an activating group) is 1. The van der Waals surface area contributed by atoms with Crippen LogP contribution in [0.25, 0.3) is 0 Å². The number of rotatable bonds is 3. The van der Waals surface area contributed by atoms with Crippen molar-refractivity contribution in [3.63, 3.8) is 0 Å². The first-order valence-corrected chi connectivity index (χ1v) is 4.97. The Morgan fingerprint density at radius 3 is 2.87 bits per heavy atom. The van der Waals surface area contributed by atoms with Crippen LogP contribution in [-0.2, 0) is 6.42 Å². The molecule has 4 nitrogen and oxygen atoms in total. The Balaban J connectivity index is 2.10. The van der Waals surface area contributed by atoms with E-state index in [1.807, 2.05) is 25.1 Å². The first kappa shape index (κ1) is 10.3. The SMILES string of the molecule is CC(Cc1ccc2c(c1)OCO2)N(C)O. The molecule has 4 heteroatoms. The quantitative estimate of drug-likeness (QED) is 0.769. The average molecular weight is 209 g/mol. The fourth-order valence-corrected chi connectivity index (χ4v) is 1.54. The van der Waals surface area contributed by atoms with Gasteiger partial charge in [-0.15, -0.1) is 0 Å². The zero-order chi connectivity index (χ0) is 10.8. The lowest BCUT2D eigenvalue weighted by Crippen LogP contribution is -2.27. The van der Waals surface area contributed by atoms with Crippen LogP contribution in [0.15, 0.2) is 18.2 Å². The van der Waals surface area contributed by atoms with Crippen molar-refractivity contribution in [2.45, 2.75) is 19.4 Å². The molecule has 1 N–H and O–H groups in total. The molecule has 2 rings (SSSR count). The molecule has 0 aliphatic carbocycles. The Morgan fingerprint density at radius 2 is 2.13 bits per heavy atom. The van der Waals surface area contributed by atoms with Crippen LogP contribution in [0.5, 0.6) is 11.5 Å². The summed E-state index contributed by atoms with van der Waals surface area (Å²) < 4.78 is 10.5. The highest BCUT2D eigenvalue weighted by Gasteiger charge is 2.14. The van der Waals surface area contributed by atoms with Gasteiger partial charge >= 0.3 is 0 Å². The number of fused-ring (bicyclic) bond motifs is 1. The zero-order valence-corrected chi connectivity index (χ0v) is 8.93. The van der Waals surface area contributed by atoms with Gasteiger partial charge in [0.1, 0.15) is 0 Å². The predicted molar refractivity (Wildman–Crippen MR) is 55.3 cm³/mol. The molecule has 82 valence electrons. The van der Waals surface area contributed by atoms with Gasteiger partial charge in [0.2, 0.25) is 6.79 Å². The van der Waals surface area contributed by atoms with Crippen molar-refractivity contribution >= 4 is 0 Å². The summed E-state index contributed by atoms with van der Waals surface area (Å²) in [6.45, 7) is 2.26. The number of ether oxygens (including phenoxy) is 2.